The molecule has 0 saturated heterocycles. The number of aryl methyl sites for hydroxylation is 1. The molecule has 3 nitrogen and oxygen atoms in total. The Morgan fingerprint density at radius 2 is 2.10 bits per heavy atom. The second-order valence-corrected chi connectivity index (χ2v) is 6.11. The number of halogens is 1. The maximum atomic E-state index is 6.50. The van der Waals surface area contributed by atoms with Crippen molar-refractivity contribution in [1.82, 2.24) is 9.55 Å². The van der Waals surface area contributed by atoms with Crippen LogP contribution < -0.4 is 5.73 Å². The van der Waals surface area contributed by atoms with Crippen LogP contribution in [-0.2, 0) is 5.41 Å². The van der Waals surface area contributed by atoms with Crippen molar-refractivity contribution in [1.29, 1.82) is 0 Å². The largest absolute Gasteiger partial charge is 0.330 e. The van der Waals surface area contributed by atoms with Gasteiger partial charge in [0.15, 0.2) is 0 Å². The molecule has 1 aliphatic carbocycles. The molecule has 1 aromatic carbocycles. The molecule has 4 heteroatoms. The minimum Gasteiger partial charge on any atom is -0.330 e. The van der Waals surface area contributed by atoms with Crippen molar-refractivity contribution in [3.8, 4) is 5.69 Å². The Bertz CT molecular complexity index is 612. The van der Waals surface area contributed by atoms with E-state index in [-0.39, 0.29) is 5.41 Å². The average molecular weight is 290 g/mol. The highest BCUT2D eigenvalue weighted by Gasteiger charge is 2.34. The third kappa shape index (κ3) is 2.15. The molecule has 2 N–H and O–H groups in total. The molecule has 2 aromatic rings. The molecule has 20 heavy (non-hydrogen) atoms. The summed E-state index contributed by atoms with van der Waals surface area (Å²) in [6.07, 6.45) is 8.59. The first-order valence-corrected chi connectivity index (χ1v) is 7.54. The minimum absolute atomic E-state index is 0.131. The van der Waals surface area contributed by atoms with Gasteiger partial charge < -0.3 is 10.3 Å². The molecule has 3 rings (SSSR count). The Hall–Kier alpha value is -1.32. The third-order valence-electron chi connectivity index (χ3n) is 4.60. The smallest absolute Gasteiger partial charge is 0.110 e. The van der Waals surface area contributed by atoms with Gasteiger partial charge in [-0.2, -0.15) is 0 Å². The Morgan fingerprint density at radius 1 is 1.35 bits per heavy atom. The first-order chi connectivity index (χ1) is 9.66. The summed E-state index contributed by atoms with van der Waals surface area (Å²) < 4.78 is 2.01. The molecule has 0 spiro atoms. The number of rotatable bonds is 3. The van der Waals surface area contributed by atoms with E-state index in [0.29, 0.717) is 6.54 Å². The Morgan fingerprint density at radius 3 is 2.65 bits per heavy atom. The standard InChI is InChI=1S/C16H20ClN3/c1-12-19-8-9-20(12)15-5-4-13(10-14(15)17)16(11-18)6-2-3-7-16/h4-5,8-10H,2-3,6-7,11,18H2,1H3. The predicted molar refractivity (Wildman–Crippen MR) is 82.5 cm³/mol. The van der Waals surface area contributed by atoms with Crippen LogP contribution in [0.4, 0.5) is 0 Å². The monoisotopic (exact) mass is 289 g/mol. The zero-order valence-electron chi connectivity index (χ0n) is 11.8. The van der Waals surface area contributed by atoms with Crippen molar-refractivity contribution in [2.24, 2.45) is 5.73 Å². The van der Waals surface area contributed by atoms with Crippen LogP contribution in [0.2, 0.25) is 5.02 Å². The number of nitrogens with zero attached hydrogens (tertiary/aromatic N) is 2. The maximum absolute atomic E-state index is 6.50. The normalized spacial score (nSPS) is 17.6. The molecular formula is C16H20ClN3. The molecule has 1 aromatic heterocycles. The lowest BCUT2D eigenvalue weighted by Crippen LogP contribution is -2.32. The first kappa shape index (κ1) is 13.7. The molecule has 0 amide bonds. The maximum Gasteiger partial charge on any atom is 0.110 e. The van der Waals surface area contributed by atoms with E-state index in [4.69, 9.17) is 17.3 Å². The van der Waals surface area contributed by atoms with Crippen LogP contribution in [0.5, 0.6) is 0 Å². The van der Waals surface area contributed by atoms with Gasteiger partial charge in [-0.3, -0.25) is 0 Å². The van der Waals surface area contributed by atoms with Crippen LogP contribution in [0.25, 0.3) is 5.69 Å². The van der Waals surface area contributed by atoms with Gasteiger partial charge in [0.25, 0.3) is 0 Å². The van der Waals surface area contributed by atoms with E-state index < -0.39 is 0 Å². The summed E-state index contributed by atoms with van der Waals surface area (Å²) in [6.45, 7) is 2.68. The second kappa shape index (κ2) is 5.23. The fourth-order valence-electron chi connectivity index (χ4n) is 3.33. The van der Waals surface area contributed by atoms with Crippen molar-refractivity contribution in [2.75, 3.05) is 6.54 Å². The summed E-state index contributed by atoms with van der Waals surface area (Å²) in [5.41, 5.74) is 8.44. The van der Waals surface area contributed by atoms with E-state index in [1.807, 2.05) is 17.7 Å². The number of benzene rings is 1. The summed E-state index contributed by atoms with van der Waals surface area (Å²) in [6, 6.07) is 6.36. The van der Waals surface area contributed by atoms with Gasteiger partial charge in [-0.25, -0.2) is 4.98 Å². The number of hydrogen-bond donors (Lipinski definition) is 1. The van der Waals surface area contributed by atoms with Crippen molar-refractivity contribution in [3.05, 3.63) is 47.0 Å². The van der Waals surface area contributed by atoms with Crippen LogP contribution in [0.15, 0.2) is 30.6 Å². The van der Waals surface area contributed by atoms with E-state index in [2.05, 4.69) is 23.2 Å². The predicted octanol–water partition coefficient (Wildman–Crippen LogP) is 3.60. The molecule has 0 bridgehead atoms. The van der Waals surface area contributed by atoms with Gasteiger partial charge in [0.1, 0.15) is 5.82 Å². The molecule has 1 aliphatic rings. The Kier molecular flexibility index (Phi) is 3.57. The summed E-state index contributed by atoms with van der Waals surface area (Å²) in [5.74, 6) is 0.939. The molecule has 0 radical (unpaired) electrons. The van der Waals surface area contributed by atoms with Crippen LogP contribution in [0.1, 0.15) is 37.1 Å². The molecule has 0 unspecified atom stereocenters. The quantitative estimate of drug-likeness (QED) is 0.938. The Labute approximate surface area is 124 Å². The minimum atomic E-state index is 0.131. The van der Waals surface area contributed by atoms with Crippen LogP contribution >= 0.6 is 11.6 Å². The van der Waals surface area contributed by atoms with E-state index in [1.165, 1.54) is 31.2 Å². The van der Waals surface area contributed by atoms with E-state index in [9.17, 15) is 0 Å². The fraction of sp³-hybridized carbons (Fsp3) is 0.438. The fourth-order valence-corrected chi connectivity index (χ4v) is 3.60. The van der Waals surface area contributed by atoms with Gasteiger partial charge in [-0.15, -0.1) is 0 Å². The van der Waals surface area contributed by atoms with Gasteiger partial charge in [0, 0.05) is 24.4 Å². The van der Waals surface area contributed by atoms with Crippen molar-refractivity contribution >= 4 is 11.6 Å². The van der Waals surface area contributed by atoms with Gasteiger partial charge in [-0.1, -0.05) is 30.5 Å². The highest BCUT2D eigenvalue weighted by molar-refractivity contribution is 6.32. The number of hydrogen-bond acceptors (Lipinski definition) is 2. The lowest BCUT2D eigenvalue weighted by Gasteiger charge is -2.28. The molecule has 1 heterocycles. The van der Waals surface area contributed by atoms with Gasteiger partial charge in [0.05, 0.1) is 10.7 Å². The van der Waals surface area contributed by atoms with Crippen molar-refractivity contribution in [3.63, 3.8) is 0 Å². The number of imidazole rings is 1. The van der Waals surface area contributed by atoms with E-state index >= 15 is 0 Å². The van der Waals surface area contributed by atoms with Gasteiger partial charge in [0.2, 0.25) is 0 Å². The Balaban J connectivity index is 2.02. The highest BCUT2D eigenvalue weighted by atomic mass is 35.5. The summed E-state index contributed by atoms with van der Waals surface area (Å²) in [7, 11) is 0. The summed E-state index contributed by atoms with van der Waals surface area (Å²) >= 11 is 6.50. The van der Waals surface area contributed by atoms with E-state index in [0.717, 1.165) is 16.5 Å². The van der Waals surface area contributed by atoms with Crippen molar-refractivity contribution in [2.45, 2.75) is 38.0 Å². The summed E-state index contributed by atoms with van der Waals surface area (Å²) in [5, 5.41) is 0.767. The molecule has 0 atom stereocenters. The second-order valence-electron chi connectivity index (χ2n) is 5.70. The molecule has 0 aliphatic heterocycles. The zero-order valence-corrected chi connectivity index (χ0v) is 12.5. The summed E-state index contributed by atoms with van der Waals surface area (Å²) in [4.78, 5) is 4.25. The topological polar surface area (TPSA) is 43.8 Å². The third-order valence-corrected chi connectivity index (χ3v) is 4.90. The number of aromatic nitrogens is 2. The molecule has 1 saturated carbocycles. The van der Waals surface area contributed by atoms with Crippen LogP contribution in [0, 0.1) is 6.92 Å². The first-order valence-electron chi connectivity index (χ1n) is 7.17. The van der Waals surface area contributed by atoms with E-state index in [1.54, 1.807) is 6.20 Å². The van der Waals surface area contributed by atoms with Gasteiger partial charge >= 0.3 is 0 Å². The molecule has 106 valence electrons. The lowest BCUT2D eigenvalue weighted by molar-refractivity contribution is 0.453. The molecule has 1 fully saturated rings. The van der Waals surface area contributed by atoms with Crippen molar-refractivity contribution < 1.29 is 0 Å². The molecular weight excluding hydrogens is 270 g/mol. The average Bonchev–Trinajstić information content (AvgIpc) is 3.08. The lowest BCUT2D eigenvalue weighted by atomic mass is 9.79. The zero-order chi connectivity index (χ0) is 14.2. The van der Waals surface area contributed by atoms with Gasteiger partial charge in [-0.05, 0) is 37.5 Å². The van der Waals surface area contributed by atoms with Crippen LogP contribution in [0.3, 0.4) is 0 Å². The highest BCUT2D eigenvalue weighted by Crippen LogP contribution is 2.41. The number of nitrogens with two attached hydrogens (primary N) is 1. The van der Waals surface area contributed by atoms with Crippen LogP contribution in [-0.4, -0.2) is 16.1 Å². The SMILES string of the molecule is Cc1nccn1-c1ccc(C2(CN)CCCC2)cc1Cl.